The van der Waals surface area contributed by atoms with Gasteiger partial charge in [0.15, 0.2) is 5.79 Å². The average molecular weight is 183 g/mol. The highest BCUT2D eigenvalue weighted by Gasteiger charge is 2.24. The lowest BCUT2D eigenvalue weighted by Gasteiger charge is -2.22. The van der Waals surface area contributed by atoms with Crippen molar-refractivity contribution in [2.24, 2.45) is 0 Å². The van der Waals surface area contributed by atoms with Gasteiger partial charge in [-0.15, -0.1) is 0 Å². The normalized spacial score (nSPS) is 13.5. The Morgan fingerprint density at radius 1 is 1.36 bits per heavy atom. The molecular weight excluding hydrogens is 170 g/mol. The van der Waals surface area contributed by atoms with Gasteiger partial charge in [0.05, 0.1) is 6.26 Å². The minimum atomic E-state index is -3.47. The summed E-state index contributed by atoms with van der Waals surface area (Å²) in [6, 6.07) is 0. The zero-order valence-corrected chi connectivity index (χ0v) is 7.86. The van der Waals surface area contributed by atoms with Crippen LogP contribution < -0.4 is 5.48 Å². The summed E-state index contributed by atoms with van der Waals surface area (Å²) in [7, 11) is -1.95. The molecule has 0 rings (SSSR count). The first-order valence-corrected chi connectivity index (χ1v) is 4.84. The molecule has 0 aromatic heterocycles. The number of rotatable bonds is 4. The molecule has 0 aromatic carbocycles. The third-order valence-electron chi connectivity index (χ3n) is 0.700. The van der Waals surface area contributed by atoms with E-state index in [0.29, 0.717) is 0 Å². The van der Waals surface area contributed by atoms with Crippen LogP contribution in [0.4, 0.5) is 0 Å². The molecule has 0 amide bonds. The number of hydrogen-bond donors (Lipinski definition) is 1. The van der Waals surface area contributed by atoms with Gasteiger partial charge in [0.25, 0.3) is 10.1 Å². The van der Waals surface area contributed by atoms with E-state index in [1.807, 2.05) is 0 Å². The summed E-state index contributed by atoms with van der Waals surface area (Å²) in [5, 5.41) is 0. The van der Waals surface area contributed by atoms with E-state index in [2.05, 4.69) is 9.66 Å². The SMILES string of the molecule is CNOC(C)(C)OS(C)(=O)=O. The van der Waals surface area contributed by atoms with Crippen molar-refractivity contribution in [2.45, 2.75) is 19.6 Å². The minimum absolute atomic E-state index is 0.966. The minimum Gasteiger partial charge on any atom is -0.266 e. The molecule has 0 aromatic rings. The van der Waals surface area contributed by atoms with Crippen molar-refractivity contribution in [3.05, 3.63) is 0 Å². The lowest BCUT2D eigenvalue weighted by atomic mass is 10.4. The Hall–Kier alpha value is -0.170. The molecule has 0 unspecified atom stereocenters. The average Bonchev–Trinajstić information content (AvgIpc) is 1.55. The fraction of sp³-hybridized carbons (Fsp3) is 1.00. The summed E-state index contributed by atoms with van der Waals surface area (Å²) in [4.78, 5) is 4.75. The van der Waals surface area contributed by atoms with Crippen molar-refractivity contribution in [2.75, 3.05) is 13.3 Å². The van der Waals surface area contributed by atoms with Crippen molar-refractivity contribution in [1.82, 2.24) is 5.48 Å². The van der Waals surface area contributed by atoms with Gasteiger partial charge in [-0.2, -0.15) is 8.42 Å². The predicted molar refractivity (Wildman–Crippen MR) is 40.2 cm³/mol. The Morgan fingerprint density at radius 2 is 1.82 bits per heavy atom. The van der Waals surface area contributed by atoms with Gasteiger partial charge in [-0.25, -0.2) is 9.66 Å². The molecule has 0 spiro atoms. The van der Waals surface area contributed by atoms with Crippen LogP contribution in [-0.4, -0.2) is 27.5 Å². The van der Waals surface area contributed by atoms with Crippen LogP contribution in [0, 0.1) is 0 Å². The summed E-state index contributed by atoms with van der Waals surface area (Å²) in [6.45, 7) is 2.98. The molecule has 0 aliphatic rings. The van der Waals surface area contributed by atoms with E-state index < -0.39 is 15.9 Å². The van der Waals surface area contributed by atoms with Crippen molar-refractivity contribution >= 4 is 10.1 Å². The molecule has 0 bridgehead atoms. The molecule has 5 nitrogen and oxygen atoms in total. The second-order valence-corrected chi connectivity index (χ2v) is 4.07. The Morgan fingerprint density at radius 3 is 2.09 bits per heavy atom. The maximum absolute atomic E-state index is 10.6. The van der Waals surface area contributed by atoms with Crippen LogP contribution in [0.25, 0.3) is 0 Å². The summed E-state index contributed by atoms with van der Waals surface area (Å²) in [6.07, 6.45) is 0.966. The van der Waals surface area contributed by atoms with Gasteiger partial charge in [-0.3, -0.25) is 4.84 Å². The monoisotopic (exact) mass is 183 g/mol. The van der Waals surface area contributed by atoms with Gasteiger partial charge in [0.2, 0.25) is 0 Å². The molecular formula is C5H13NO4S. The van der Waals surface area contributed by atoms with E-state index in [1.54, 1.807) is 0 Å². The Bertz CT molecular complexity index is 209. The first-order chi connectivity index (χ1) is 4.77. The molecule has 0 aliphatic carbocycles. The molecule has 11 heavy (non-hydrogen) atoms. The van der Waals surface area contributed by atoms with E-state index in [9.17, 15) is 8.42 Å². The Kier molecular flexibility index (Phi) is 3.43. The standard InChI is InChI=1S/C5H13NO4S/c1-5(2,9-6-3)10-11(4,7)8/h6H,1-4H3. The maximum Gasteiger partial charge on any atom is 0.267 e. The molecule has 68 valence electrons. The van der Waals surface area contributed by atoms with Crippen LogP contribution in [0.15, 0.2) is 0 Å². The van der Waals surface area contributed by atoms with Gasteiger partial charge in [0, 0.05) is 7.05 Å². The lowest BCUT2D eigenvalue weighted by molar-refractivity contribution is -0.189. The Labute approximate surface area is 66.8 Å². The third-order valence-corrected chi connectivity index (χ3v) is 1.40. The van der Waals surface area contributed by atoms with E-state index in [0.717, 1.165) is 6.26 Å². The van der Waals surface area contributed by atoms with Crippen molar-refractivity contribution in [3.63, 3.8) is 0 Å². The quantitative estimate of drug-likeness (QED) is 0.373. The summed E-state index contributed by atoms with van der Waals surface area (Å²) < 4.78 is 25.7. The number of nitrogens with one attached hydrogen (secondary N) is 1. The van der Waals surface area contributed by atoms with Gasteiger partial charge in [-0.1, -0.05) is 0 Å². The van der Waals surface area contributed by atoms with E-state index in [-0.39, 0.29) is 0 Å². The van der Waals surface area contributed by atoms with E-state index in [1.165, 1.54) is 20.9 Å². The summed E-state index contributed by atoms with van der Waals surface area (Å²) in [5.41, 5.74) is 2.34. The smallest absolute Gasteiger partial charge is 0.266 e. The van der Waals surface area contributed by atoms with E-state index >= 15 is 0 Å². The van der Waals surface area contributed by atoms with Gasteiger partial charge < -0.3 is 0 Å². The fourth-order valence-electron chi connectivity index (χ4n) is 0.627. The van der Waals surface area contributed by atoms with Crippen molar-refractivity contribution in [1.29, 1.82) is 0 Å². The van der Waals surface area contributed by atoms with Gasteiger partial charge in [-0.05, 0) is 13.8 Å². The second-order valence-electron chi connectivity index (χ2n) is 2.49. The predicted octanol–water partition coefficient (Wildman–Crippen LogP) is -0.150. The van der Waals surface area contributed by atoms with Crippen LogP contribution in [0.2, 0.25) is 0 Å². The molecule has 1 N–H and O–H groups in total. The zero-order valence-electron chi connectivity index (χ0n) is 7.04. The largest absolute Gasteiger partial charge is 0.267 e. The maximum atomic E-state index is 10.6. The number of hydroxylamine groups is 1. The first-order valence-electron chi connectivity index (χ1n) is 3.02. The highest BCUT2D eigenvalue weighted by molar-refractivity contribution is 7.86. The van der Waals surface area contributed by atoms with Crippen LogP contribution in [0.5, 0.6) is 0 Å². The summed E-state index contributed by atoms with van der Waals surface area (Å²) in [5.74, 6) is -1.16. The molecule has 0 heterocycles. The molecule has 0 atom stereocenters. The highest BCUT2D eigenvalue weighted by Crippen LogP contribution is 2.11. The second kappa shape index (κ2) is 3.48. The van der Waals surface area contributed by atoms with Crippen molar-refractivity contribution in [3.8, 4) is 0 Å². The van der Waals surface area contributed by atoms with Crippen LogP contribution in [-0.2, 0) is 19.1 Å². The van der Waals surface area contributed by atoms with Crippen molar-refractivity contribution < 1.29 is 17.4 Å². The fourth-order valence-corrected chi connectivity index (χ4v) is 1.39. The first kappa shape index (κ1) is 10.8. The third kappa shape index (κ3) is 6.24. The topological polar surface area (TPSA) is 64.6 Å². The highest BCUT2D eigenvalue weighted by atomic mass is 32.2. The Balaban J connectivity index is 4.13. The lowest BCUT2D eigenvalue weighted by Crippen LogP contribution is -2.35. The van der Waals surface area contributed by atoms with E-state index in [4.69, 9.17) is 4.84 Å². The van der Waals surface area contributed by atoms with Crippen LogP contribution in [0.1, 0.15) is 13.8 Å². The number of hydrogen-bond acceptors (Lipinski definition) is 5. The van der Waals surface area contributed by atoms with Gasteiger partial charge in [0.1, 0.15) is 0 Å². The zero-order chi connectivity index (χ0) is 9.12. The molecule has 0 saturated heterocycles. The van der Waals surface area contributed by atoms with Crippen LogP contribution in [0.3, 0.4) is 0 Å². The molecule has 0 saturated carbocycles. The molecule has 0 fully saturated rings. The van der Waals surface area contributed by atoms with Crippen LogP contribution >= 0.6 is 0 Å². The van der Waals surface area contributed by atoms with Gasteiger partial charge >= 0.3 is 0 Å². The summed E-state index contributed by atoms with van der Waals surface area (Å²) >= 11 is 0. The molecule has 6 heteroatoms. The molecule has 0 aliphatic heterocycles. The molecule has 0 radical (unpaired) electrons.